The van der Waals surface area contributed by atoms with Gasteiger partial charge in [0.1, 0.15) is 0 Å². The quantitative estimate of drug-likeness (QED) is 0.314. The van der Waals surface area contributed by atoms with Gasteiger partial charge in [-0.2, -0.15) is 0 Å². The third-order valence-electron chi connectivity index (χ3n) is 1.28. The number of hydrogen-bond donors (Lipinski definition) is 1. The molecule has 0 saturated carbocycles. The summed E-state index contributed by atoms with van der Waals surface area (Å²) in [5, 5.41) is 20.6. The molecular weight excluding hydrogens is 162 g/mol. The monoisotopic (exact) mass is 167 g/mol. The molecule has 0 spiro atoms. The molecule has 0 aliphatic heterocycles. The molecule has 0 saturated heterocycles. The largest absolute Gasteiger partial charge is 0.594 e. The van der Waals surface area contributed by atoms with E-state index in [1.54, 1.807) is 0 Å². The molecule has 12 heavy (non-hydrogen) atoms. The van der Waals surface area contributed by atoms with Crippen LogP contribution in [0.4, 0.5) is 11.4 Å². The van der Waals surface area contributed by atoms with E-state index < -0.39 is 4.92 Å². The van der Waals surface area contributed by atoms with Crippen LogP contribution in [0.25, 0.3) is 0 Å². The van der Waals surface area contributed by atoms with Gasteiger partial charge < -0.3 is 5.21 Å². The fourth-order valence-electron chi connectivity index (χ4n) is 0.733. The Bertz CT molecular complexity index is 307. The molecule has 62 valence electrons. The molecule has 0 fully saturated rings. The average molecular weight is 167 g/mol. The number of benzene rings is 1. The van der Waals surface area contributed by atoms with Crippen molar-refractivity contribution in [3.63, 3.8) is 0 Å². The minimum atomic E-state index is -0.618. The zero-order chi connectivity index (χ0) is 9.14. The van der Waals surface area contributed by atoms with Crippen molar-refractivity contribution in [3.8, 4) is 0 Å². The van der Waals surface area contributed by atoms with E-state index in [1.165, 1.54) is 18.2 Å². The standard InChI is InChI=1S/C6H5N3O3/c7-8(10)5-2-1-3-6(4-5)9(11)12/h1-4,7H. The van der Waals surface area contributed by atoms with Crippen LogP contribution in [-0.2, 0) is 0 Å². The molecule has 1 rings (SSSR count). The number of nitrogens with zero attached hydrogens (tertiary/aromatic N) is 2. The summed E-state index contributed by atoms with van der Waals surface area (Å²) in [5.41, 5.74) is 6.37. The van der Waals surface area contributed by atoms with E-state index in [2.05, 4.69) is 0 Å². The Morgan fingerprint density at radius 2 is 1.83 bits per heavy atom. The lowest BCUT2D eigenvalue weighted by Crippen LogP contribution is -1.91. The lowest BCUT2D eigenvalue weighted by Gasteiger charge is -1.95. The molecule has 1 N–H and O–H groups in total. The molecule has 6 heteroatoms. The van der Waals surface area contributed by atoms with Gasteiger partial charge in [0, 0.05) is 12.1 Å². The van der Waals surface area contributed by atoms with Crippen LogP contribution in [0, 0.1) is 20.9 Å². The highest BCUT2D eigenvalue weighted by molar-refractivity contribution is 5.41. The smallest absolute Gasteiger partial charge is 0.276 e. The van der Waals surface area contributed by atoms with Gasteiger partial charge in [0.2, 0.25) is 0 Å². The maximum absolute atomic E-state index is 10.4. The summed E-state index contributed by atoms with van der Waals surface area (Å²) < 4.78 is 0. The molecule has 6 nitrogen and oxygen atoms in total. The number of nitrogens with one attached hydrogen (secondary N) is 1. The van der Waals surface area contributed by atoms with Crippen LogP contribution < -0.4 is 0 Å². The number of nitro benzene ring substituents is 1. The average Bonchev–Trinajstić information content (AvgIpc) is 2.04. The highest BCUT2D eigenvalue weighted by Crippen LogP contribution is 2.18. The molecule has 0 aromatic heterocycles. The molecule has 0 unspecified atom stereocenters. The van der Waals surface area contributed by atoms with E-state index in [9.17, 15) is 15.3 Å². The van der Waals surface area contributed by atoms with E-state index in [0.29, 0.717) is 0 Å². The molecule has 0 heterocycles. The van der Waals surface area contributed by atoms with Crippen LogP contribution in [0.2, 0.25) is 0 Å². The van der Waals surface area contributed by atoms with Crippen molar-refractivity contribution in [1.82, 2.24) is 0 Å². The van der Waals surface area contributed by atoms with Crippen LogP contribution in [0.3, 0.4) is 0 Å². The minimum absolute atomic E-state index is 0.0517. The summed E-state index contributed by atoms with van der Waals surface area (Å²) in [4.78, 5) is 9.41. The van der Waals surface area contributed by atoms with Crippen molar-refractivity contribution < 1.29 is 9.78 Å². The first-order valence-electron chi connectivity index (χ1n) is 3.04. The van der Waals surface area contributed by atoms with Gasteiger partial charge in [-0.25, -0.2) is 0 Å². The Morgan fingerprint density at radius 1 is 1.25 bits per heavy atom. The Morgan fingerprint density at radius 3 is 2.33 bits per heavy atom. The van der Waals surface area contributed by atoms with E-state index in [1.807, 2.05) is 0 Å². The Balaban J connectivity index is 3.12. The zero-order valence-electron chi connectivity index (χ0n) is 5.93. The summed E-state index contributed by atoms with van der Waals surface area (Å²) in [7, 11) is 0. The van der Waals surface area contributed by atoms with Crippen molar-refractivity contribution in [2.45, 2.75) is 0 Å². The maximum Gasteiger partial charge on any atom is 0.276 e. The van der Waals surface area contributed by atoms with Crippen LogP contribution in [-0.4, -0.2) is 9.78 Å². The topological polar surface area (TPSA) is 93.1 Å². The van der Waals surface area contributed by atoms with Gasteiger partial charge >= 0.3 is 0 Å². The van der Waals surface area contributed by atoms with Crippen LogP contribution in [0.1, 0.15) is 0 Å². The lowest BCUT2D eigenvalue weighted by molar-refractivity contribution is -0.466. The summed E-state index contributed by atoms with van der Waals surface area (Å²) >= 11 is 0. The van der Waals surface area contributed by atoms with Gasteiger partial charge in [-0.1, -0.05) is 4.86 Å². The Kier molecular flexibility index (Phi) is 2.00. The Labute approximate surface area is 67.3 Å². The van der Waals surface area contributed by atoms with Gasteiger partial charge in [-0.15, -0.1) is 0 Å². The second kappa shape index (κ2) is 2.95. The molecule has 0 aliphatic rings. The minimum Gasteiger partial charge on any atom is -0.594 e. The van der Waals surface area contributed by atoms with Crippen LogP contribution >= 0.6 is 0 Å². The van der Waals surface area contributed by atoms with Crippen LogP contribution in [0.15, 0.2) is 24.3 Å². The third kappa shape index (κ3) is 1.54. The first-order valence-corrected chi connectivity index (χ1v) is 3.04. The van der Waals surface area contributed by atoms with Crippen molar-refractivity contribution in [2.24, 2.45) is 0 Å². The molecule has 0 amide bonds. The van der Waals surface area contributed by atoms with Gasteiger partial charge in [0.15, 0.2) is 0 Å². The first-order chi connectivity index (χ1) is 5.61. The maximum atomic E-state index is 10.4. The van der Waals surface area contributed by atoms with Gasteiger partial charge in [-0.3, -0.25) is 10.1 Å². The molecular formula is C6H5N3O3. The summed E-state index contributed by atoms with van der Waals surface area (Å²) in [6.07, 6.45) is 0. The Hall–Kier alpha value is -1.98. The van der Waals surface area contributed by atoms with Crippen LogP contribution in [0.5, 0.6) is 0 Å². The highest BCUT2D eigenvalue weighted by atomic mass is 16.6. The fraction of sp³-hybridized carbons (Fsp3) is 0. The predicted octanol–water partition coefficient (Wildman–Crippen LogP) is 1.77. The van der Waals surface area contributed by atoms with E-state index in [4.69, 9.17) is 5.53 Å². The lowest BCUT2D eigenvalue weighted by atomic mass is 10.3. The number of non-ortho nitro benzene ring substituents is 1. The van der Waals surface area contributed by atoms with Gasteiger partial charge in [0.05, 0.1) is 11.0 Å². The molecule has 1 aromatic rings. The third-order valence-corrected chi connectivity index (χ3v) is 1.28. The van der Waals surface area contributed by atoms with Crippen molar-refractivity contribution >= 4 is 11.4 Å². The SMILES string of the molecule is N=[N+]([O-])c1cccc([N+](=O)[O-])c1. The molecule has 0 atom stereocenters. The highest BCUT2D eigenvalue weighted by Gasteiger charge is 2.09. The number of hydrogen-bond acceptors (Lipinski definition) is 4. The molecule has 1 aromatic carbocycles. The number of nitro groups is 1. The normalized spacial score (nSPS) is 9.33. The summed E-state index contributed by atoms with van der Waals surface area (Å²) in [5.74, 6) is 0. The van der Waals surface area contributed by atoms with E-state index in [-0.39, 0.29) is 16.2 Å². The second-order valence-electron chi connectivity index (χ2n) is 2.07. The number of rotatable bonds is 2. The zero-order valence-corrected chi connectivity index (χ0v) is 5.93. The van der Waals surface area contributed by atoms with E-state index >= 15 is 0 Å². The molecule has 0 aliphatic carbocycles. The predicted molar refractivity (Wildman–Crippen MR) is 39.1 cm³/mol. The van der Waals surface area contributed by atoms with Crippen molar-refractivity contribution in [1.29, 1.82) is 5.53 Å². The van der Waals surface area contributed by atoms with Gasteiger partial charge in [0.25, 0.3) is 11.4 Å². The van der Waals surface area contributed by atoms with Crippen molar-refractivity contribution in [3.05, 3.63) is 39.6 Å². The van der Waals surface area contributed by atoms with Gasteiger partial charge in [-0.05, 0) is 11.6 Å². The molecule has 0 bridgehead atoms. The second-order valence-corrected chi connectivity index (χ2v) is 2.07. The van der Waals surface area contributed by atoms with Crippen molar-refractivity contribution in [2.75, 3.05) is 0 Å². The first kappa shape index (κ1) is 8.12. The fourth-order valence-corrected chi connectivity index (χ4v) is 0.733. The summed E-state index contributed by atoms with van der Waals surface area (Å²) in [6.45, 7) is 0. The summed E-state index contributed by atoms with van der Waals surface area (Å²) in [6, 6.07) is 4.98. The molecule has 0 radical (unpaired) electrons. The van der Waals surface area contributed by atoms with E-state index in [0.717, 1.165) is 6.07 Å².